The summed E-state index contributed by atoms with van der Waals surface area (Å²) in [6.07, 6.45) is 3.45. The van der Waals surface area contributed by atoms with E-state index in [4.69, 9.17) is 16.3 Å². The standard InChI is InChI=1S/C22H25ClN2O2/c1-3-27-21-7-5-4-6-20(21)24-12-14-25(15-13-24)22(26)11-10-18-9-8-17(2)19(23)16-18/h4-11,16H,3,12-15H2,1-2H3/b11-10+. The molecule has 1 amide bonds. The van der Waals surface area contributed by atoms with Crippen LogP contribution in [-0.4, -0.2) is 43.6 Å². The number of benzene rings is 2. The maximum atomic E-state index is 12.5. The molecule has 0 aliphatic carbocycles. The minimum atomic E-state index is 0.0319. The summed E-state index contributed by atoms with van der Waals surface area (Å²) >= 11 is 6.14. The number of carbonyl (C=O) groups is 1. The van der Waals surface area contributed by atoms with Crippen LogP contribution in [0.4, 0.5) is 5.69 Å². The molecule has 0 bridgehead atoms. The lowest BCUT2D eigenvalue weighted by molar-refractivity contribution is -0.126. The Balaban J connectivity index is 1.59. The van der Waals surface area contributed by atoms with Gasteiger partial charge < -0.3 is 14.5 Å². The molecule has 1 saturated heterocycles. The van der Waals surface area contributed by atoms with Gasteiger partial charge in [0, 0.05) is 37.3 Å². The van der Waals surface area contributed by atoms with Gasteiger partial charge in [0.1, 0.15) is 5.75 Å². The Hall–Kier alpha value is -2.46. The first-order valence-electron chi connectivity index (χ1n) is 9.28. The first-order valence-corrected chi connectivity index (χ1v) is 9.66. The van der Waals surface area contributed by atoms with Crippen molar-refractivity contribution in [1.82, 2.24) is 4.90 Å². The first kappa shape index (κ1) is 19.3. The van der Waals surface area contributed by atoms with Gasteiger partial charge in [-0.1, -0.05) is 35.9 Å². The molecule has 1 aliphatic rings. The number of hydrogen-bond donors (Lipinski definition) is 0. The second-order valence-electron chi connectivity index (χ2n) is 6.56. The van der Waals surface area contributed by atoms with Gasteiger partial charge in [0.15, 0.2) is 0 Å². The zero-order chi connectivity index (χ0) is 19.2. The number of ether oxygens (including phenoxy) is 1. The Morgan fingerprint density at radius 3 is 2.59 bits per heavy atom. The highest BCUT2D eigenvalue weighted by Gasteiger charge is 2.21. The van der Waals surface area contributed by atoms with E-state index in [9.17, 15) is 4.79 Å². The number of amides is 1. The second kappa shape index (κ2) is 8.96. The van der Waals surface area contributed by atoms with Gasteiger partial charge in [-0.3, -0.25) is 4.79 Å². The van der Waals surface area contributed by atoms with E-state index in [-0.39, 0.29) is 5.91 Å². The summed E-state index contributed by atoms with van der Waals surface area (Å²) in [4.78, 5) is 16.7. The van der Waals surface area contributed by atoms with Gasteiger partial charge in [-0.05, 0) is 49.2 Å². The molecule has 1 heterocycles. The number of rotatable bonds is 5. The molecule has 5 heteroatoms. The third-order valence-corrected chi connectivity index (χ3v) is 5.12. The zero-order valence-electron chi connectivity index (χ0n) is 15.8. The molecule has 1 fully saturated rings. The average Bonchev–Trinajstić information content (AvgIpc) is 2.69. The lowest BCUT2D eigenvalue weighted by atomic mass is 10.1. The van der Waals surface area contributed by atoms with Crippen molar-refractivity contribution in [3.63, 3.8) is 0 Å². The molecule has 2 aromatic carbocycles. The van der Waals surface area contributed by atoms with Crippen LogP contribution < -0.4 is 9.64 Å². The third kappa shape index (κ3) is 4.83. The Morgan fingerprint density at radius 2 is 1.89 bits per heavy atom. The summed E-state index contributed by atoms with van der Waals surface area (Å²) in [5.41, 5.74) is 3.06. The molecule has 3 rings (SSSR count). The van der Waals surface area contributed by atoms with Gasteiger partial charge in [0.2, 0.25) is 5.91 Å². The molecule has 142 valence electrons. The number of hydrogen-bond acceptors (Lipinski definition) is 3. The molecule has 0 unspecified atom stereocenters. The Kier molecular flexibility index (Phi) is 6.40. The summed E-state index contributed by atoms with van der Waals surface area (Å²) in [5.74, 6) is 0.931. The SMILES string of the molecule is CCOc1ccccc1N1CCN(C(=O)/C=C/c2ccc(C)c(Cl)c2)CC1. The summed E-state index contributed by atoms with van der Waals surface area (Å²) in [6.45, 7) is 7.56. The molecular formula is C22H25ClN2O2. The highest BCUT2D eigenvalue weighted by molar-refractivity contribution is 6.31. The number of carbonyl (C=O) groups excluding carboxylic acids is 1. The molecule has 0 radical (unpaired) electrons. The quantitative estimate of drug-likeness (QED) is 0.716. The molecule has 0 spiro atoms. The van der Waals surface area contributed by atoms with Crippen molar-refractivity contribution >= 4 is 29.3 Å². The van der Waals surface area contributed by atoms with Crippen LogP contribution in [0, 0.1) is 6.92 Å². The first-order chi connectivity index (χ1) is 13.1. The van der Waals surface area contributed by atoms with Crippen LogP contribution in [0.1, 0.15) is 18.1 Å². The van der Waals surface area contributed by atoms with E-state index in [1.165, 1.54) is 0 Å². The van der Waals surface area contributed by atoms with E-state index in [1.807, 2.05) is 61.2 Å². The smallest absolute Gasteiger partial charge is 0.246 e. The van der Waals surface area contributed by atoms with Crippen molar-refractivity contribution in [3.05, 3.63) is 64.7 Å². The zero-order valence-corrected chi connectivity index (χ0v) is 16.6. The largest absolute Gasteiger partial charge is 0.492 e. The van der Waals surface area contributed by atoms with E-state index >= 15 is 0 Å². The van der Waals surface area contributed by atoms with Crippen molar-refractivity contribution in [1.29, 1.82) is 0 Å². The van der Waals surface area contributed by atoms with Gasteiger partial charge >= 0.3 is 0 Å². The molecule has 0 N–H and O–H groups in total. The maximum Gasteiger partial charge on any atom is 0.246 e. The van der Waals surface area contributed by atoms with E-state index in [1.54, 1.807) is 6.08 Å². The number of para-hydroxylation sites is 2. The van der Waals surface area contributed by atoms with Gasteiger partial charge in [0.25, 0.3) is 0 Å². The van der Waals surface area contributed by atoms with E-state index in [2.05, 4.69) is 11.0 Å². The van der Waals surface area contributed by atoms with Crippen LogP contribution in [0.15, 0.2) is 48.5 Å². The van der Waals surface area contributed by atoms with E-state index < -0.39 is 0 Å². The van der Waals surface area contributed by atoms with Crippen LogP contribution in [0.2, 0.25) is 5.02 Å². The van der Waals surface area contributed by atoms with Crippen LogP contribution in [-0.2, 0) is 4.79 Å². The summed E-state index contributed by atoms with van der Waals surface area (Å²) in [6, 6.07) is 13.9. The molecule has 2 aromatic rings. The molecule has 27 heavy (non-hydrogen) atoms. The molecular weight excluding hydrogens is 360 g/mol. The fourth-order valence-electron chi connectivity index (χ4n) is 3.15. The summed E-state index contributed by atoms with van der Waals surface area (Å²) < 4.78 is 5.73. The predicted molar refractivity (Wildman–Crippen MR) is 112 cm³/mol. The second-order valence-corrected chi connectivity index (χ2v) is 6.96. The van der Waals surface area contributed by atoms with Gasteiger partial charge in [0.05, 0.1) is 12.3 Å². The Morgan fingerprint density at radius 1 is 1.15 bits per heavy atom. The molecule has 4 nitrogen and oxygen atoms in total. The van der Waals surface area contributed by atoms with Gasteiger partial charge in [-0.15, -0.1) is 0 Å². The third-order valence-electron chi connectivity index (χ3n) is 4.71. The summed E-state index contributed by atoms with van der Waals surface area (Å²) in [5, 5.41) is 0.714. The molecule has 0 saturated carbocycles. The Bertz CT molecular complexity index is 827. The van der Waals surface area contributed by atoms with Crippen LogP contribution >= 0.6 is 11.6 Å². The fraction of sp³-hybridized carbons (Fsp3) is 0.318. The average molecular weight is 385 g/mol. The van der Waals surface area contributed by atoms with E-state index in [0.29, 0.717) is 24.7 Å². The van der Waals surface area contributed by atoms with Gasteiger partial charge in [-0.25, -0.2) is 0 Å². The predicted octanol–water partition coefficient (Wildman–Crippen LogP) is 4.41. The highest BCUT2D eigenvalue weighted by atomic mass is 35.5. The fourth-order valence-corrected chi connectivity index (χ4v) is 3.34. The van der Waals surface area contributed by atoms with Crippen molar-refractivity contribution in [2.24, 2.45) is 0 Å². The van der Waals surface area contributed by atoms with Crippen LogP contribution in [0.5, 0.6) is 5.75 Å². The maximum absolute atomic E-state index is 12.5. The highest BCUT2D eigenvalue weighted by Crippen LogP contribution is 2.28. The van der Waals surface area contributed by atoms with Crippen molar-refractivity contribution in [3.8, 4) is 5.75 Å². The number of piperazine rings is 1. The lowest BCUT2D eigenvalue weighted by Crippen LogP contribution is -2.48. The number of aryl methyl sites for hydroxylation is 1. The van der Waals surface area contributed by atoms with Crippen LogP contribution in [0.3, 0.4) is 0 Å². The number of anilines is 1. The topological polar surface area (TPSA) is 32.8 Å². The van der Waals surface area contributed by atoms with Crippen LogP contribution in [0.25, 0.3) is 6.08 Å². The van der Waals surface area contributed by atoms with Gasteiger partial charge in [-0.2, -0.15) is 0 Å². The molecule has 1 aliphatic heterocycles. The molecule has 0 aromatic heterocycles. The van der Waals surface area contributed by atoms with Crippen molar-refractivity contribution in [2.75, 3.05) is 37.7 Å². The van der Waals surface area contributed by atoms with Crippen molar-refractivity contribution in [2.45, 2.75) is 13.8 Å². The monoisotopic (exact) mass is 384 g/mol. The minimum Gasteiger partial charge on any atom is -0.492 e. The normalized spacial score (nSPS) is 14.6. The number of nitrogens with zero attached hydrogens (tertiary/aromatic N) is 2. The molecule has 0 atom stereocenters. The summed E-state index contributed by atoms with van der Waals surface area (Å²) in [7, 11) is 0. The van der Waals surface area contributed by atoms with Crippen molar-refractivity contribution < 1.29 is 9.53 Å². The lowest BCUT2D eigenvalue weighted by Gasteiger charge is -2.36. The minimum absolute atomic E-state index is 0.0319. The Labute approximate surface area is 166 Å². The number of halogens is 1. The van der Waals surface area contributed by atoms with E-state index in [0.717, 1.165) is 35.7 Å².